The Hall–Kier alpha value is -3.29. The first kappa shape index (κ1) is 16.6. The minimum absolute atomic E-state index is 0.238. The summed E-state index contributed by atoms with van der Waals surface area (Å²) < 4.78 is 20.1. The van der Waals surface area contributed by atoms with Gasteiger partial charge in [-0.25, -0.2) is 9.07 Å². The van der Waals surface area contributed by atoms with Crippen LogP contribution in [0.25, 0.3) is 0 Å². The number of halogens is 1. The highest BCUT2D eigenvalue weighted by Gasteiger charge is 2.08. The third kappa shape index (κ3) is 4.17. The van der Waals surface area contributed by atoms with Gasteiger partial charge in [-0.1, -0.05) is 0 Å². The zero-order chi connectivity index (χ0) is 17.6. The number of tetrazole rings is 1. The smallest absolute Gasteiger partial charge is 0.255 e. The van der Waals surface area contributed by atoms with E-state index in [1.54, 1.807) is 28.9 Å². The number of amides is 1. The van der Waals surface area contributed by atoms with Crippen LogP contribution in [0, 0.1) is 5.82 Å². The highest BCUT2D eigenvalue weighted by atomic mass is 19.1. The molecule has 0 saturated heterocycles. The van der Waals surface area contributed by atoms with E-state index in [0.717, 1.165) is 0 Å². The van der Waals surface area contributed by atoms with Gasteiger partial charge in [0.1, 0.15) is 18.2 Å². The third-order valence-corrected chi connectivity index (χ3v) is 3.49. The van der Waals surface area contributed by atoms with Crippen LogP contribution in [0.1, 0.15) is 23.1 Å². The van der Waals surface area contributed by atoms with E-state index in [4.69, 9.17) is 4.74 Å². The van der Waals surface area contributed by atoms with E-state index in [9.17, 15) is 9.18 Å². The molecule has 0 aliphatic carbocycles. The van der Waals surface area contributed by atoms with E-state index in [2.05, 4.69) is 20.8 Å². The second-order valence-electron chi connectivity index (χ2n) is 5.18. The van der Waals surface area contributed by atoms with Crippen molar-refractivity contribution in [2.24, 2.45) is 0 Å². The fourth-order valence-corrected chi connectivity index (χ4v) is 2.16. The monoisotopic (exact) mass is 341 g/mol. The van der Waals surface area contributed by atoms with Crippen molar-refractivity contribution < 1.29 is 13.9 Å². The Labute approximate surface area is 143 Å². The largest absolute Gasteiger partial charge is 0.486 e. The van der Waals surface area contributed by atoms with E-state index in [1.165, 1.54) is 24.3 Å². The second-order valence-corrected chi connectivity index (χ2v) is 5.18. The van der Waals surface area contributed by atoms with Gasteiger partial charge >= 0.3 is 0 Å². The minimum atomic E-state index is -0.353. The summed E-state index contributed by atoms with van der Waals surface area (Å²) in [7, 11) is 0. The summed E-state index contributed by atoms with van der Waals surface area (Å²) in [5.41, 5.74) is 0.994. The maximum Gasteiger partial charge on any atom is 0.255 e. The number of hydrogen-bond acceptors (Lipinski definition) is 5. The average molecular weight is 341 g/mol. The molecule has 0 aliphatic heterocycles. The zero-order valence-electron chi connectivity index (χ0n) is 13.5. The quantitative estimate of drug-likeness (QED) is 0.745. The normalized spacial score (nSPS) is 10.5. The Kier molecular flexibility index (Phi) is 4.98. The predicted octanol–water partition coefficient (Wildman–Crippen LogP) is 2.66. The molecular weight excluding hydrogens is 325 g/mol. The molecule has 0 spiro atoms. The molecular formula is C17H16FN5O2. The van der Waals surface area contributed by atoms with Gasteiger partial charge in [0.15, 0.2) is 5.82 Å². The van der Waals surface area contributed by atoms with Crippen LogP contribution in [-0.2, 0) is 13.2 Å². The molecule has 0 fully saturated rings. The number of nitrogens with one attached hydrogen (secondary N) is 1. The minimum Gasteiger partial charge on any atom is -0.486 e. The molecule has 3 rings (SSSR count). The van der Waals surface area contributed by atoms with Crippen LogP contribution in [0.3, 0.4) is 0 Å². The molecule has 1 N–H and O–H groups in total. The molecule has 0 radical (unpaired) electrons. The SMILES string of the molecule is CCn1nnnc1COc1ccc(C(=O)Nc2ccc(F)cc2)cc1. The maximum absolute atomic E-state index is 12.9. The molecule has 7 nitrogen and oxygen atoms in total. The number of carbonyl (C=O) groups is 1. The Morgan fingerprint density at radius 2 is 1.88 bits per heavy atom. The van der Waals surface area contributed by atoms with Crippen molar-refractivity contribution >= 4 is 11.6 Å². The van der Waals surface area contributed by atoms with Gasteiger partial charge in [0.2, 0.25) is 0 Å². The van der Waals surface area contributed by atoms with E-state index < -0.39 is 0 Å². The Bertz CT molecular complexity index is 846. The van der Waals surface area contributed by atoms with Crippen LogP contribution in [0.15, 0.2) is 48.5 Å². The van der Waals surface area contributed by atoms with Gasteiger partial charge in [-0.2, -0.15) is 0 Å². The number of aromatic nitrogens is 4. The van der Waals surface area contributed by atoms with Crippen molar-refractivity contribution in [3.05, 3.63) is 65.7 Å². The number of anilines is 1. The van der Waals surface area contributed by atoms with Crippen LogP contribution in [0.4, 0.5) is 10.1 Å². The number of ether oxygens (including phenoxy) is 1. The van der Waals surface area contributed by atoms with Gasteiger partial charge in [0, 0.05) is 17.8 Å². The summed E-state index contributed by atoms with van der Waals surface area (Å²) in [5.74, 6) is 0.589. The molecule has 1 aromatic heterocycles. The topological polar surface area (TPSA) is 81.9 Å². The molecule has 0 saturated carbocycles. The lowest BCUT2D eigenvalue weighted by atomic mass is 10.2. The van der Waals surface area contributed by atoms with E-state index in [0.29, 0.717) is 29.4 Å². The first-order valence-corrected chi connectivity index (χ1v) is 7.70. The van der Waals surface area contributed by atoms with Gasteiger partial charge < -0.3 is 10.1 Å². The summed E-state index contributed by atoms with van der Waals surface area (Å²) >= 11 is 0. The predicted molar refractivity (Wildman–Crippen MR) is 88.6 cm³/mol. The molecule has 1 heterocycles. The fraction of sp³-hybridized carbons (Fsp3) is 0.176. The molecule has 3 aromatic rings. The van der Waals surface area contributed by atoms with Gasteiger partial charge in [0.25, 0.3) is 5.91 Å². The number of benzene rings is 2. The first-order chi connectivity index (χ1) is 12.2. The Balaban J connectivity index is 1.59. The highest BCUT2D eigenvalue weighted by Crippen LogP contribution is 2.15. The lowest BCUT2D eigenvalue weighted by molar-refractivity contribution is 0.102. The maximum atomic E-state index is 12.9. The summed E-state index contributed by atoms with van der Waals surface area (Å²) in [6.07, 6.45) is 0. The summed E-state index contributed by atoms with van der Waals surface area (Å²) in [6.45, 7) is 2.84. The van der Waals surface area contributed by atoms with Gasteiger partial charge in [-0.3, -0.25) is 4.79 Å². The molecule has 1 amide bonds. The number of rotatable bonds is 6. The lowest BCUT2D eigenvalue weighted by Gasteiger charge is -2.08. The standard InChI is InChI=1S/C17H16FN5O2/c1-2-23-16(20-21-22-23)11-25-15-9-3-12(4-10-15)17(24)19-14-7-5-13(18)6-8-14/h3-10H,2,11H2,1H3,(H,19,24). The Morgan fingerprint density at radius 1 is 1.16 bits per heavy atom. The van der Waals surface area contributed by atoms with Crippen LogP contribution >= 0.6 is 0 Å². The number of nitrogens with zero attached hydrogens (tertiary/aromatic N) is 4. The second kappa shape index (κ2) is 7.52. The molecule has 25 heavy (non-hydrogen) atoms. The molecule has 8 heteroatoms. The van der Waals surface area contributed by atoms with Crippen LogP contribution in [0.2, 0.25) is 0 Å². The van der Waals surface area contributed by atoms with Crippen molar-refractivity contribution in [3.8, 4) is 5.75 Å². The molecule has 128 valence electrons. The van der Waals surface area contributed by atoms with E-state index in [-0.39, 0.29) is 18.3 Å². The number of carbonyl (C=O) groups excluding carboxylic acids is 1. The molecule has 0 aliphatic rings. The van der Waals surface area contributed by atoms with Gasteiger partial charge in [-0.15, -0.1) is 5.10 Å². The van der Waals surface area contributed by atoms with Crippen molar-refractivity contribution in [2.45, 2.75) is 20.1 Å². The Morgan fingerprint density at radius 3 is 2.56 bits per heavy atom. The molecule has 0 atom stereocenters. The van der Waals surface area contributed by atoms with Crippen molar-refractivity contribution in [1.29, 1.82) is 0 Å². The first-order valence-electron chi connectivity index (χ1n) is 7.70. The van der Waals surface area contributed by atoms with Crippen LogP contribution in [0.5, 0.6) is 5.75 Å². The van der Waals surface area contributed by atoms with Crippen molar-refractivity contribution in [1.82, 2.24) is 20.2 Å². The molecule has 0 bridgehead atoms. The average Bonchev–Trinajstić information content (AvgIpc) is 3.10. The van der Waals surface area contributed by atoms with Gasteiger partial charge in [0.05, 0.1) is 0 Å². The number of hydrogen-bond donors (Lipinski definition) is 1. The summed E-state index contributed by atoms with van der Waals surface area (Å²) in [4.78, 5) is 12.2. The van der Waals surface area contributed by atoms with Gasteiger partial charge in [-0.05, 0) is 65.9 Å². The number of aryl methyl sites for hydroxylation is 1. The molecule has 0 unspecified atom stereocenters. The summed E-state index contributed by atoms with van der Waals surface area (Å²) in [6, 6.07) is 12.3. The van der Waals surface area contributed by atoms with Crippen LogP contribution < -0.4 is 10.1 Å². The van der Waals surface area contributed by atoms with Crippen molar-refractivity contribution in [2.75, 3.05) is 5.32 Å². The van der Waals surface area contributed by atoms with E-state index >= 15 is 0 Å². The van der Waals surface area contributed by atoms with E-state index in [1.807, 2.05) is 6.92 Å². The molecule has 2 aromatic carbocycles. The highest BCUT2D eigenvalue weighted by molar-refractivity contribution is 6.04. The van der Waals surface area contributed by atoms with Crippen LogP contribution in [-0.4, -0.2) is 26.1 Å². The fourth-order valence-electron chi connectivity index (χ4n) is 2.16. The third-order valence-electron chi connectivity index (χ3n) is 3.49. The zero-order valence-corrected chi connectivity index (χ0v) is 13.5. The lowest BCUT2D eigenvalue weighted by Crippen LogP contribution is -2.11. The van der Waals surface area contributed by atoms with Crippen molar-refractivity contribution in [3.63, 3.8) is 0 Å². The summed E-state index contributed by atoms with van der Waals surface area (Å²) in [5, 5.41) is 14.0.